The van der Waals surface area contributed by atoms with Crippen LogP contribution in [-0.2, 0) is 11.2 Å². The molecule has 0 radical (unpaired) electrons. The Morgan fingerprint density at radius 3 is 2.53 bits per heavy atom. The Balaban J connectivity index is 2.87. The lowest BCUT2D eigenvalue weighted by Crippen LogP contribution is -2.26. The molecule has 0 aliphatic rings. The minimum absolute atomic E-state index is 0.0207. The van der Waals surface area contributed by atoms with Crippen LogP contribution in [0.3, 0.4) is 0 Å². The van der Waals surface area contributed by atoms with Crippen LogP contribution in [0.15, 0.2) is 18.2 Å². The summed E-state index contributed by atoms with van der Waals surface area (Å²) in [6, 6.07) is 3.28. The van der Waals surface area contributed by atoms with Crippen LogP contribution in [0.25, 0.3) is 0 Å². The number of alkyl halides is 2. The molecule has 1 aromatic carbocycles. The van der Waals surface area contributed by atoms with Crippen molar-refractivity contribution in [3.63, 3.8) is 0 Å². The van der Waals surface area contributed by atoms with E-state index in [1.54, 1.807) is 0 Å². The third-order valence-corrected chi connectivity index (χ3v) is 2.21. The number of Topliss-reactive ketones (excluding diaryl/α,β-unsaturated/α-hetero) is 1. The number of carbonyl (C=O) groups is 1. The van der Waals surface area contributed by atoms with Gasteiger partial charge in [-0.1, -0.05) is 17.7 Å². The van der Waals surface area contributed by atoms with E-state index >= 15 is 0 Å². The van der Waals surface area contributed by atoms with Crippen molar-refractivity contribution >= 4 is 17.4 Å². The third-order valence-electron chi connectivity index (χ3n) is 1.86. The molecule has 0 bridgehead atoms. The lowest BCUT2D eigenvalue weighted by molar-refractivity contribution is -0.139. The lowest BCUT2D eigenvalue weighted by Gasteiger charge is -2.09. The van der Waals surface area contributed by atoms with Gasteiger partial charge in [-0.05, 0) is 17.7 Å². The molecule has 0 heterocycles. The molecule has 0 N–H and O–H groups in total. The lowest BCUT2D eigenvalue weighted by atomic mass is 10.1. The van der Waals surface area contributed by atoms with E-state index in [4.69, 9.17) is 11.6 Å². The number of benzene rings is 1. The van der Waals surface area contributed by atoms with Crippen molar-refractivity contribution < 1.29 is 18.0 Å². The summed E-state index contributed by atoms with van der Waals surface area (Å²) in [5.74, 6) is -5.20. The predicted octanol–water partition coefficient (Wildman–Crippen LogP) is 3.25. The van der Waals surface area contributed by atoms with Gasteiger partial charge in [0, 0.05) is 18.4 Å². The molecule has 0 aliphatic carbocycles. The zero-order chi connectivity index (χ0) is 11.6. The third kappa shape index (κ3) is 3.23. The number of hydrogen-bond acceptors (Lipinski definition) is 1. The second-order valence-corrected chi connectivity index (χ2v) is 3.63. The Morgan fingerprint density at radius 2 is 2.07 bits per heavy atom. The fourth-order valence-corrected chi connectivity index (χ4v) is 1.23. The standard InChI is InChI=1S/C10H8ClF3O/c1-10(13,14)9(15)4-6-2-3-7(12)5-8(6)11/h2-3,5H,4H2,1H3. The van der Waals surface area contributed by atoms with Crippen molar-refractivity contribution in [1.82, 2.24) is 0 Å². The monoisotopic (exact) mass is 236 g/mol. The van der Waals surface area contributed by atoms with Crippen LogP contribution in [0.2, 0.25) is 5.02 Å². The van der Waals surface area contributed by atoms with Crippen LogP contribution in [0.5, 0.6) is 0 Å². The van der Waals surface area contributed by atoms with E-state index in [1.165, 1.54) is 6.07 Å². The molecular weight excluding hydrogens is 229 g/mol. The molecule has 1 rings (SSSR count). The minimum Gasteiger partial charge on any atom is -0.293 e. The molecule has 1 aromatic rings. The largest absolute Gasteiger partial charge is 0.302 e. The maximum absolute atomic E-state index is 12.6. The number of halogens is 4. The van der Waals surface area contributed by atoms with Gasteiger partial charge in [0.1, 0.15) is 5.82 Å². The highest BCUT2D eigenvalue weighted by molar-refractivity contribution is 6.31. The first-order valence-electron chi connectivity index (χ1n) is 4.16. The Hall–Kier alpha value is -1.03. The van der Waals surface area contributed by atoms with E-state index in [0.29, 0.717) is 6.92 Å². The summed E-state index contributed by atoms with van der Waals surface area (Å²) in [6.45, 7) is 0.521. The van der Waals surface area contributed by atoms with Gasteiger partial charge in [-0.15, -0.1) is 0 Å². The van der Waals surface area contributed by atoms with Crippen LogP contribution < -0.4 is 0 Å². The molecule has 0 unspecified atom stereocenters. The summed E-state index contributed by atoms with van der Waals surface area (Å²) in [7, 11) is 0. The summed E-state index contributed by atoms with van der Waals surface area (Å²) in [5, 5.41) is -0.0207. The van der Waals surface area contributed by atoms with Crippen LogP contribution in [-0.4, -0.2) is 11.7 Å². The van der Waals surface area contributed by atoms with Crippen LogP contribution >= 0.6 is 11.6 Å². The van der Waals surface area contributed by atoms with Gasteiger partial charge >= 0.3 is 5.92 Å². The van der Waals surface area contributed by atoms with Crippen molar-refractivity contribution in [2.24, 2.45) is 0 Å². The van der Waals surface area contributed by atoms with E-state index in [-0.39, 0.29) is 10.6 Å². The van der Waals surface area contributed by atoms with Gasteiger partial charge in [-0.2, -0.15) is 8.78 Å². The van der Waals surface area contributed by atoms with E-state index in [0.717, 1.165) is 12.1 Å². The molecule has 0 amide bonds. The maximum Gasteiger partial charge on any atom is 0.302 e. The molecular formula is C10H8ClF3O. The maximum atomic E-state index is 12.6. The Bertz CT molecular complexity index is 385. The van der Waals surface area contributed by atoms with Gasteiger partial charge in [-0.25, -0.2) is 4.39 Å². The highest BCUT2D eigenvalue weighted by Gasteiger charge is 2.31. The van der Waals surface area contributed by atoms with Crippen LogP contribution in [0, 0.1) is 5.82 Å². The fourth-order valence-electron chi connectivity index (χ4n) is 0.993. The quantitative estimate of drug-likeness (QED) is 0.787. The van der Waals surface area contributed by atoms with E-state index in [2.05, 4.69) is 0 Å². The first-order valence-corrected chi connectivity index (χ1v) is 4.53. The van der Waals surface area contributed by atoms with Gasteiger partial charge in [0.25, 0.3) is 0 Å². The second-order valence-electron chi connectivity index (χ2n) is 3.22. The number of ketones is 1. The van der Waals surface area contributed by atoms with Gasteiger partial charge in [0.15, 0.2) is 0 Å². The average Bonchev–Trinajstić information content (AvgIpc) is 2.08. The normalized spacial score (nSPS) is 11.5. The first-order chi connectivity index (χ1) is 6.80. The Morgan fingerprint density at radius 1 is 1.47 bits per heavy atom. The molecule has 0 saturated heterocycles. The van der Waals surface area contributed by atoms with Crippen molar-refractivity contribution in [1.29, 1.82) is 0 Å². The minimum atomic E-state index is -3.39. The zero-order valence-corrected chi connectivity index (χ0v) is 8.62. The SMILES string of the molecule is CC(F)(F)C(=O)Cc1ccc(F)cc1Cl. The zero-order valence-electron chi connectivity index (χ0n) is 7.86. The first kappa shape index (κ1) is 12.0. The van der Waals surface area contributed by atoms with Crippen LogP contribution in [0.1, 0.15) is 12.5 Å². The Kier molecular flexibility index (Phi) is 3.39. The van der Waals surface area contributed by atoms with E-state index in [1.807, 2.05) is 0 Å². The predicted molar refractivity (Wildman–Crippen MR) is 50.7 cm³/mol. The fraction of sp³-hybridized carbons (Fsp3) is 0.300. The van der Waals surface area contributed by atoms with Crippen molar-refractivity contribution in [3.05, 3.63) is 34.6 Å². The summed E-state index contributed by atoms with van der Waals surface area (Å²) >= 11 is 5.59. The van der Waals surface area contributed by atoms with E-state index in [9.17, 15) is 18.0 Å². The molecule has 5 heteroatoms. The van der Waals surface area contributed by atoms with Gasteiger partial charge in [0.05, 0.1) is 0 Å². The van der Waals surface area contributed by atoms with Crippen LogP contribution in [0.4, 0.5) is 13.2 Å². The van der Waals surface area contributed by atoms with E-state index < -0.39 is 23.9 Å². The Labute approximate surface area is 89.9 Å². The molecule has 0 spiro atoms. The van der Waals surface area contributed by atoms with Crippen molar-refractivity contribution in [2.45, 2.75) is 19.3 Å². The summed E-state index contributed by atoms with van der Waals surface area (Å²) in [6.07, 6.45) is -0.497. The second kappa shape index (κ2) is 4.23. The molecule has 1 nitrogen and oxygen atoms in total. The molecule has 0 aliphatic heterocycles. The van der Waals surface area contributed by atoms with Gasteiger partial charge in [-0.3, -0.25) is 4.79 Å². The molecule has 0 saturated carbocycles. The smallest absolute Gasteiger partial charge is 0.293 e. The summed E-state index contributed by atoms with van der Waals surface area (Å²) in [4.78, 5) is 11.0. The molecule has 82 valence electrons. The van der Waals surface area contributed by atoms with Crippen molar-refractivity contribution in [3.8, 4) is 0 Å². The molecule has 15 heavy (non-hydrogen) atoms. The summed E-state index contributed by atoms with van der Waals surface area (Å²) < 4.78 is 37.7. The number of rotatable bonds is 3. The number of carbonyl (C=O) groups excluding carboxylic acids is 1. The molecule has 0 aromatic heterocycles. The highest BCUT2D eigenvalue weighted by atomic mass is 35.5. The summed E-state index contributed by atoms with van der Waals surface area (Å²) in [5.41, 5.74) is 0.199. The van der Waals surface area contributed by atoms with Crippen molar-refractivity contribution in [2.75, 3.05) is 0 Å². The average molecular weight is 237 g/mol. The number of hydrogen-bond donors (Lipinski definition) is 0. The molecule has 0 fully saturated rings. The molecule has 0 atom stereocenters. The van der Waals surface area contributed by atoms with Gasteiger partial charge in [0.2, 0.25) is 5.78 Å². The highest BCUT2D eigenvalue weighted by Crippen LogP contribution is 2.22. The topological polar surface area (TPSA) is 17.1 Å². The van der Waals surface area contributed by atoms with Gasteiger partial charge < -0.3 is 0 Å².